The molecule has 0 aliphatic heterocycles. The molecular formula is C10H22N2O. The van der Waals surface area contributed by atoms with Crippen molar-refractivity contribution in [3.05, 3.63) is 0 Å². The van der Waals surface area contributed by atoms with Gasteiger partial charge < -0.3 is 15.7 Å². The normalized spacial score (nSPS) is 29.3. The molecule has 0 aromatic carbocycles. The average molecular weight is 186 g/mol. The Kier molecular flexibility index (Phi) is 4.16. The fourth-order valence-corrected chi connectivity index (χ4v) is 1.79. The summed E-state index contributed by atoms with van der Waals surface area (Å²) in [5, 5.41) is 8.69. The predicted octanol–water partition coefficient (Wildman–Crippen LogP) is 0.284. The molecule has 0 heterocycles. The van der Waals surface area contributed by atoms with Crippen molar-refractivity contribution in [3.8, 4) is 0 Å². The molecule has 3 heteroatoms. The smallest absolute Gasteiger partial charge is 0.0446 e. The molecule has 0 aromatic heterocycles. The summed E-state index contributed by atoms with van der Waals surface area (Å²) in [5.74, 6) is 1.81. The van der Waals surface area contributed by atoms with E-state index in [2.05, 4.69) is 18.9 Å². The number of likely N-dealkylation sites (N-methyl/N-ethyl adjacent to an activating group) is 1. The maximum absolute atomic E-state index is 8.69. The molecule has 1 aliphatic rings. The van der Waals surface area contributed by atoms with E-state index in [0.29, 0.717) is 6.42 Å². The maximum Gasteiger partial charge on any atom is 0.0446 e. The first-order chi connectivity index (χ1) is 6.13. The molecule has 1 saturated carbocycles. The van der Waals surface area contributed by atoms with E-state index in [-0.39, 0.29) is 12.6 Å². The van der Waals surface area contributed by atoms with E-state index in [1.165, 1.54) is 13.0 Å². The minimum absolute atomic E-state index is 0.129. The van der Waals surface area contributed by atoms with Gasteiger partial charge in [-0.25, -0.2) is 0 Å². The van der Waals surface area contributed by atoms with E-state index < -0.39 is 0 Å². The van der Waals surface area contributed by atoms with Crippen LogP contribution in [-0.2, 0) is 0 Å². The third-order valence-corrected chi connectivity index (χ3v) is 2.87. The number of hydrogen-bond acceptors (Lipinski definition) is 3. The summed E-state index contributed by atoms with van der Waals surface area (Å²) in [6.45, 7) is 4.57. The van der Waals surface area contributed by atoms with Crippen LogP contribution in [0.3, 0.4) is 0 Å². The SMILES string of the molecule is CC1CC1CN(C)CC(N)CCO. The van der Waals surface area contributed by atoms with E-state index in [1.54, 1.807) is 0 Å². The minimum atomic E-state index is 0.129. The Morgan fingerprint density at radius 3 is 2.69 bits per heavy atom. The van der Waals surface area contributed by atoms with Crippen LogP contribution in [-0.4, -0.2) is 42.8 Å². The van der Waals surface area contributed by atoms with Gasteiger partial charge in [-0.2, -0.15) is 0 Å². The molecule has 3 nitrogen and oxygen atoms in total. The van der Waals surface area contributed by atoms with Gasteiger partial charge >= 0.3 is 0 Å². The lowest BCUT2D eigenvalue weighted by molar-refractivity contribution is 0.242. The molecule has 3 atom stereocenters. The van der Waals surface area contributed by atoms with Crippen molar-refractivity contribution in [3.63, 3.8) is 0 Å². The van der Waals surface area contributed by atoms with Gasteiger partial charge in [0, 0.05) is 25.7 Å². The Hall–Kier alpha value is -0.120. The lowest BCUT2D eigenvalue weighted by Gasteiger charge is -2.20. The largest absolute Gasteiger partial charge is 0.396 e. The minimum Gasteiger partial charge on any atom is -0.396 e. The number of aliphatic hydroxyl groups excluding tert-OH is 1. The topological polar surface area (TPSA) is 49.5 Å². The first-order valence-corrected chi connectivity index (χ1v) is 5.18. The maximum atomic E-state index is 8.69. The molecule has 13 heavy (non-hydrogen) atoms. The molecule has 3 N–H and O–H groups in total. The summed E-state index contributed by atoms with van der Waals surface area (Å²) < 4.78 is 0. The number of hydrogen-bond donors (Lipinski definition) is 2. The van der Waals surface area contributed by atoms with Crippen LogP contribution in [0.25, 0.3) is 0 Å². The molecule has 0 saturated heterocycles. The molecule has 3 unspecified atom stereocenters. The van der Waals surface area contributed by atoms with Gasteiger partial charge in [-0.05, 0) is 31.7 Å². The number of nitrogens with two attached hydrogens (primary N) is 1. The van der Waals surface area contributed by atoms with Gasteiger partial charge in [-0.1, -0.05) is 6.92 Å². The van der Waals surface area contributed by atoms with Crippen molar-refractivity contribution in [1.29, 1.82) is 0 Å². The summed E-state index contributed by atoms with van der Waals surface area (Å²) in [7, 11) is 2.11. The molecule has 1 fully saturated rings. The van der Waals surface area contributed by atoms with Gasteiger partial charge in [0.05, 0.1) is 0 Å². The third-order valence-electron chi connectivity index (χ3n) is 2.87. The first-order valence-electron chi connectivity index (χ1n) is 5.18. The lowest BCUT2D eigenvalue weighted by atomic mass is 10.2. The van der Waals surface area contributed by atoms with Crippen molar-refractivity contribution >= 4 is 0 Å². The monoisotopic (exact) mass is 186 g/mol. The molecule has 0 amide bonds. The molecule has 78 valence electrons. The predicted molar refractivity (Wildman–Crippen MR) is 54.4 cm³/mol. The molecule has 1 aliphatic carbocycles. The van der Waals surface area contributed by atoms with Gasteiger partial charge in [-0.15, -0.1) is 0 Å². The summed E-state index contributed by atoms with van der Waals surface area (Å²) in [6, 6.07) is 0.129. The second-order valence-electron chi connectivity index (χ2n) is 4.47. The zero-order valence-corrected chi connectivity index (χ0v) is 8.74. The third kappa shape index (κ3) is 4.07. The second-order valence-corrected chi connectivity index (χ2v) is 4.47. The standard InChI is InChI=1S/C10H22N2O/c1-8-5-9(8)6-12(2)7-10(11)3-4-13/h8-10,13H,3-7,11H2,1-2H3. The van der Waals surface area contributed by atoms with Crippen molar-refractivity contribution < 1.29 is 5.11 Å². The lowest BCUT2D eigenvalue weighted by Crippen LogP contribution is -2.36. The van der Waals surface area contributed by atoms with Crippen LogP contribution in [0, 0.1) is 11.8 Å². The van der Waals surface area contributed by atoms with Gasteiger partial charge in [0.15, 0.2) is 0 Å². The quantitative estimate of drug-likeness (QED) is 0.626. The van der Waals surface area contributed by atoms with Crippen LogP contribution in [0.1, 0.15) is 19.8 Å². The molecule has 0 aromatic rings. The second kappa shape index (κ2) is 4.94. The zero-order valence-electron chi connectivity index (χ0n) is 8.74. The molecule has 0 bridgehead atoms. The van der Waals surface area contributed by atoms with E-state index in [9.17, 15) is 0 Å². The van der Waals surface area contributed by atoms with E-state index >= 15 is 0 Å². The molecule has 0 spiro atoms. The van der Waals surface area contributed by atoms with E-state index in [1.807, 2.05) is 0 Å². The Labute approximate surface area is 80.9 Å². The van der Waals surface area contributed by atoms with E-state index in [4.69, 9.17) is 10.8 Å². The van der Waals surface area contributed by atoms with Crippen LogP contribution in [0.4, 0.5) is 0 Å². The van der Waals surface area contributed by atoms with E-state index in [0.717, 1.165) is 18.4 Å². The number of nitrogens with zero attached hydrogens (tertiary/aromatic N) is 1. The fourth-order valence-electron chi connectivity index (χ4n) is 1.79. The van der Waals surface area contributed by atoms with Gasteiger partial charge in [0.1, 0.15) is 0 Å². The van der Waals surface area contributed by atoms with Crippen LogP contribution in [0.5, 0.6) is 0 Å². The average Bonchev–Trinajstić information content (AvgIpc) is 2.65. The summed E-state index contributed by atoms with van der Waals surface area (Å²) >= 11 is 0. The highest BCUT2D eigenvalue weighted by Gasteiger charge is 2.33. The Morgan fingerprint density at radius 1 is 1.62 bits per heavy atom. The Bertz CT molecular complexity index is 152. The Balaban J connectivity index is 2.06. The zero-order chi connectivity index (χ0) is 9.84. The van der Waals surface area contributed by atoms with Crippen LogP contribution < -0.4 is 5.73 Å². The van der Waals surface area contributed by atoms with Gasteiger partial charge in [-0.3, -0.25) is 0 Å². The molecular weight excluding hydrogens is 164 g/mol. The fraction of sp³-hybridized carbons (Fsp3) is 1.00. The summed E-state index contributed by atoms with van der Waals surface area (Å²) in [6.07, 6.45) is 2.09. The van der Waals surface area contributed by atoms with Crippen LogP contribution >= 0.6 is 0 Å². The summed E-state index contributed by atoms with van der Waals surface area (Å²) in [4.78, 5) is 2.29. The molecule has 1 rings (SSSR count). The van der Waals surface area contributed by atoms with Crippen molar-refractivity contribution in [2.45, 2.75) is 25.8 Å². The first kappa shape index (κ1) is 11.0. The van der Waals surface area contributed by atoms with Crippen LogP contribution in [0.2, 0.25) is 0 Å². The van der Waals surface area contributed by atoms with Gasteiger partial charge in [0.2, 0.25) is 0 Å². The summed E-state index contributed by atoms with van der Waals surface area (Å²) in [5.41, 5.74) is 5.81. The molecule has 0 radical (unpaired) electrons. The highest BCUT2D eigenvalue weighted by atomic mass is 16.3. The highest BCUT2D eigenvalue weighted by Crippen LogP contribution is 2.37. The van der Waals surface area contributed by atoms with Crippen molar-refractivity contribution in [2.24, 2.45) is 17.6 Å². The van der Waals surface area contributed by atoms with Crippen molar-refractivity contribution in [1.82, 2.24) is 4.90 Å². The van der Waals surface area contributed by atoms with Crippen LogP contribution in [0.15, 0.2) is 0 Å². The highest BCUT2D eigenvalue weighted by molar-refractivity contribution is 4.85. The number of rotatable bonds is 6. The number of aliphatic hydroxyl groups is 1. The van der Waals surface area contributed by atoms with Gasteiger partial charge in [0.25, 0.3) is 0 Å². The Morgan fingerprint density at radius 2 is 2.23 bits per heavy atom. The van der Waals surface area contributed by atoms with Crippen molar-refractivity contribution in [2.75, 3.05) is 26.7 Å².